The Morgan fingerprint density at radius 1 is 0.708 bits per heavy atom. The van der Waals surface area contributed by atoms with Gasteiger partial charge in [0, 0.05) is 28.1 Å². The first-order valence-electron chi connectivity index (χ1n) is 18.3. The lowest BCUT2D eigenvalue weighted by molar-refractivity contribution is 0.231. The number of nitrogens with zero attached hydrogens (tertiary/aromatic N) is 1. The average Bonchev–Trinajstić information content (AvgIpc) is 3.87. The van der Waals surface area contributed by atoms with Crippen LogP contribution in [-0.2, 0) is 0 Å². The van der Waals surface area contributed by atoms with Crippen LogP contribution in [-0.4, -0.2) is 17.8 Å². The Bertz CT molecular complexity index is 1910. The molecule has 0 amide bonds. The van der Waals surface area contributed by atoms with Crippen molar-refractivity contribution in [2.45, 2.75) is 86.0 Å². The summed E-state index contributed by atoms with van der Waals surface area (Å²) in [4.78, 5) is 0. The predicted molar refractivity (Wildman–Crippen MR) is 205 cm³/mol. The lowest BCUT2D eigenvalue weighted by atomic mass is 9.98. The van der Waals surface area contributed by atoms with Crippen LogP contribution in [0.1, 0.15) is 95.8 Å². The molecular weight excluding hydrogens is 587 g/mol. The van der Waals surface area contributed by atoms with E-state index >= 15 is 0 Å². The van der Waals surface area contributed by atoms with Gasteiger partial charge in [-0.3, -0.25) is 0 Å². The minimum absolute atomic E-state index is 0.498. The first-order valence-corrected chi connectivity index (χ1v) is 18.3. The van der Waals surface area contributed by atoms with Crippen molar-refractivity contribution in [3.05, 3.63) is 102 Å². The maximum absolute atomic E-state index is 7.02. The molecule has 9 rings (SSSR count). The summed E-state index contributed by atoms with van der Waals surface area (Å²) in [6.45, 7) is 12.6. The predicted octanol–water partition coefficient (Wildman–Crippen LogP) is 12.6. The van der Waals surface area contributed by atoms with Crippen LogP contribution in [0.5, 0.6) is 11.5 Å². The van der Waals surface area contributed by atoms with E-state index in [4.69, 9.17) is 9.47 Å². The zero-order valence-electron chi connectivity index (χ0n) is 29.6. The zero-order valence-corrected chi connectivity index (χ0v) is 29.6. The molecule has 0 spiro atoms. The van der Waals surface area contributed by atoms with Gasteiger partial charge in [0.25, 0.3) is 0 Å². The lowest BCUT2D eigenvalue weighted by Crippen LogP contribution is -2.13. The van der Waals surface area contributed by atoms with Crippen molar-refractivity contribution in [1.29, 1.82) is 0 Å². The highest BCUT2D eigenvalue weighted by molar-refractivity contribution is 6.19. The van der Waals surface area contributed by atoms with Gasteiger partial charge in [0.05, 0.1) is 29.6 Å². The van der Waals surface area contributed by atoms with Gasteiger partial charge in [0.1, 0.15) is 11.5 Å². The van der Waals surface area contributed by atoms with E-state index in [0.717, 1.165) is 62.8 Å². The first-order chi connectivity index (χ1) is 23.6. The number of benzene rings is 4. The first kappa shape index (κ1) is 33.7. The lowest BCUT2D eigenvalue weighted by Gasteiger charge is -2.21. The van der Waals surface area contributed by atoms with Gasteiger partial charge < -0.3 is 14.0 Å². The van der Waals surface area contributed by atoms with Crippen LogP contribution in [0.2, 0.25) is 0 Å². The van der Waals surface area contributed by atoms with Crippen LogP contribution in [0.3, 0.4) is 0 Å². The summed E-state index contributed by atoms with van der Waals surface area (Å²) in [5.74, 6) is 2.70. The van der Waals surface area contributed by atoms with E-state index in [1.54, 1.807) is 0 Å². The highest BCUT2D eigenvalue weighted by Gasteiger charge is 2.26. The van der Waals surface area contributed by atoms with Gasteiger partial charge in [0.15, 0.2) is 0 Å². The third kappa shape index (κ3) is 7.41. The molecule has 0 N–H and O–H groups in total. The van der Waals surface area contributed by atoms with Crippen LogP contribution in [0, 0.1) is 30.9 Å². The quantitative estimate of drug-likeness (QED) is 0.0929. The molecule has 3 heteroatoms. The van der Waals surface area contributed by atoms with Crippen molar-refractivity contribution in [3.63, 3.8) is 0 Å². The fourth-order valence-electron chi connectivity index (χ4n) is 6.76. The number of ether oxygens (including phenoxy) is 2. The molecule has 0 aliphatic heterocycles. The third-order valence-electron chi connectivity index (χ3n) is 10.0. The molecule has 3 nitrogen and oxygen atoms in total. The van der Waals surface area contributed by atoms with Crippen molar-refractivity contribution in [3.8, 4) is 17.2 Å². The van der Waals surface area contributed by atoms with Crippen molar-refractivity contribution in [2.24, 2.45) is 11.8 Å². The normalized spacial score (nSPS) is 13.3. The molecule has 0 saturated carbocycles. The van der Waals surface area contributed by atoms with Crippen LogP contribution in [0.4, 0.5) is 0 Å². The van der Waals surface area contributed by atoms with E-state index in [-0.39, 0.29) is 0 Å². The SMILES string of the molecule is CCCCC(CC)COc1c(C=Cc2cc[c]cc2)c2c(OCC(CC)CCCC)[c]c1c1ccc(cc1)c1c2n1-c1ccc(C)cc1. The summed E-state index contributed by atoms with van der Waals surface area (Å²) in [5.41, 5.74) is 6.96. The molecule has 8 aromatic carbocycles. The number of hydrogen-bond donors (Lipinski definition) is 0. The van der Waals surface area contributed by atoms with E-state index in [1.165, 1.54) is 55.0 Å². The standard InChI is InChI=1S/C45H51NO2/c1-6-10-15-33(8-3)30-47-41-29-40-36-22-24-37(25-23-36)43-44(46(43)38-26-19-32(5)20-27-38)42(41)39(28-21-35-17-13-12-14-18-35)45(40)48-31-34(9-4)16-11-7-2/h13-14,17-28,33-34H,6-11,15-16,30-31H2,1-5H3. The minimum atomic E-state index is 0.498. The summed E-state index contributed by atoms with van der Waals surface area (Å²) in [6, 6.07) is 32.9. The maximum Gasteiger partial charge on any atom is 0.138 e. The van der Waals surface area contributed by atoms with Gasteiger partial charge in [-0.25, -0.2) is 0 Å². The van der Waals surface area contributed by atoms with Crippen molar-refractivity contribution in [1.82, 2.24) is 4.57 Å². The zero-order chi connectivity index (χ0) is 33.5. The molecule has 1 heterocycles. The molecule has 2 radical (unpaired) electrons. The largest absolute Gasteiger partial charge is 0.492 e. The second kappa shape index (κ2) is 15.8. The maximum atomic E-state index is 7.02. The molecule has 9 aromatic rings. The minimum Gasteiger partial charge on any atom is -0.492 e. The highest BCUT2D eigenvalue weighted by atomic mass is 16.5. The van der Waals surface area contributed by atoms with Crippen molar-refractivity contribution >= 4 is 44.7 Å². The number of rotatable bonds is 17. The molecule has 0 saturated heterocycles. The highest BCUT2D eigenvalue weighted by Crippen LogP contribution is 2.47. The molecule has 2 atom stereocenters. The molecule has 248 valence electrons. The molecule has 1 aromatic heterocycles. The second-order valence-electron chi connectivity index (χ2n) is 13.5. The van der Waals surface area contributed by atoms with Gasteiger partial charge >= 0.3 is 0 Å². The van der Waals surface area contributed by atoms with E-state index < -0.39 is 0 Å². The molecule has 2 unspecified atom stereocenters. The number of hydrogen-bond acceptors (Lipinski definition) is 2. The number of aromatic nitrogens is 1. The molecular formula is C45H51NO2. The van der Waals surface area contributed by atoms with Crippen LogP contribution >= 0.6 is 0 Å². The fraction of sp³-hybridized carbons (Fsp3) is 0.378. The fourth-order valence-corrected chi connectivity index (χ4v) is 6.76. The Hall–Kier alpha value is -4.24. The summed E-state index contributed by atoms with van der Waals surface area (Å²) in [7, 11) is 0. The smallest absolute Gasteiger partial charge is 0.138 e. The van der Waals surface area contributed by atoms with Gasteiger partial charge in [-0.2, -0.15) is 0 Å². The van der Waals surface area contributed by atoms with Crippen LogP contribution in [0.25, 0.3) is 50.4 Å². The number of aryl methyl sites for hydroxylation is 1. The Morgan fingerprint density at radius 3 is 1.96 bits per heavy atom. The van der Waals surface area contributed by atoms with E-state index in [2.05, 4.69) is 124 Å². The van der Waals surface area contributed by atoms with Crippen molar-refractivity contribution < 1.29 is 9.47 Å². The Labute approximate surface area is 287 Å². The van der Waals surface area contributed by atoms with Crippen LogP contribution < -0.4 is 9.47 Å². The van der Waals surface area contributed by atoms with E-state index in [1.807, 2.05) is 12.1 Å². The molecule has 0 aliphatic rings. The van der Waals surface area contributed by atoms with Gasteiger partial charge in [0.2, 0.25) is 0 Å². The third-order valence-corrected chi connectivity index (χ3v) is 10.0. The molecule has 48 heavy (non-hydrogen) atoms. The van der Waals surface area contributed by atoms with Crippen molar-refractivity contribution in [2.75, 3.05) is 13.2 Å². The van der Waals surface area contributed by atoms with Gasteiger partial charge in [-0.05, 0) is 66.8 Å². The number of unbranched alkanes of at least 4 members (excludes halogenated alkanes) is 2. The molecule has 0 aliphatic carbocycles. The Morgan fingerprint density at radius 2 is 1.33 bits per heavy atom. The van der Waals surface area contributed by atoms with E-state index in [0.29, 0.717) is 25.0 Å². The summed E-state index contributed by atoms with van der Waals surface area (Å²) < 4.78 is 16.3. The topological polar surface area (TPSA) is 23.4 Å². The Balaban J connectivity index is 1.63. The van der Waals surface area contributed by atoms with Gasteiger partial charge in [-0.1, -0.05) is 139 Å². The monoisotopic (exact) mass is 637 g/mol. The average molecular weight is 638 g/mol. The van der Waals surface area contributed by atoms with E-state index in [9.17, 15) is 0 Å². The summed E-state index contributed by atoms with van der Waals surface area (Å²) in [6.07, 6.45) is 13.8. The summed E-state index contributed by atoms with van der Waals surface area (Å²) >= 11 is 0. The Kier molecular flexibility index (Phi) is 11.1. The summed E-state index contributed by atoms with van der Waals surface area (Å²) in [5, 5.41) is 4.34. The van der Waals surface area contributed by atoms with Crippen LogP contribution in [0.15, 0.2) is 72.8 Å². The second-order valence-corrected chi connectivity index (χ2v) is 13.5. The van der Waals surface area contributed by atoms with Gasteiger partial charge in [-0.15, -0.1) is 0 Å². The molecule has 0 fully saturated rings. The molecule has 4 bridgehead atoms.